The van der Waals surface area contributed by atoms with Gasteiger partial charge in [-0.15, -0.1) is 0 Å². The highest BCUT2D eigenvalue weighted by Gasteiger charge is 2.22. The first-order chi connectivity index (χ1) is 7.56. The van der Waals surface area contributed by atoms with Gasteiger partial charge in [-0.3, -0.25) is 0 Å². The molecule has 16 heavy (non-hydrogen) atoms. The second-order valence-electron chi connectivity index (χ2n) is 4.51. The van der Waals surface area contributed by atoms with Gasteiger partial charge in [-0.2, -0.15) is 0 Å². The van der Waals surface area contributed by atoms with Gasteiger partial charge in [-0.05, 0) is 30.0 Å². The third-order valence-corrected chi connectivity index (χ3v) is 3.01. The summed E-state index contributed by atoms with van der Waals surface area (Å²) in [7, 11) is 0. The molecule has 2 unspecified atom stereocenters. The van der Waals surface area contributed by atoms with Crippen molar-refractivity contribution in [2.24, 2.45) is 17.6 Å². The van der Waals surface area contributed by atoms with Crippen molar-refractivity contribution in [2.45, 2.75) is 26.4 Å². The summed E-state index contributed by atoms with van der Waals surface area (Å²) < 4.78 is 13.4. The zero-order chi connectivity index (χ0) is 12.1. The van der Waals surface area contributed by atoms with E-state index in [4.69, 9.17) is 5.73 Å². The summed E-state index contributed by atoms with van der Waals surface area (Å²) in [5, 5.41) is 10.0. The SMILES string of the molecule is CC(C)C(CN)C(O)Cc1ccccc1F. The molecule has 2 nitrogen and oxygen atoms in total. The van der Waals surface area contributed by atoms with E-state index in [0.717, 1.165) is 0 Å². The van der Waals surface area contributed by atoms with Gasteiger partial charge in [0.15, 0.2) is 0 Å². The van der Waals surface area contributed by atoms with Gasteiger partial charge in [0.1, 0.15) is 5.82 Å². The van der Waals surface area contributed by atoms with Crippen molar-refractivity contribution >= 4 is 0 Å². The number of halogens is 1. The molecule has 0 saturated heterocycles. The van der Waals surface area contributed by atoms with Gasteiger partial charge in [-0.25, -0.2) is 4.39 Å². The van der Waals surface area contributed by atoms with Crippen LogP contribution in [0.3, 0.4) is 0 Å². The maximum atomic E-state index is 13.4. The van der Waals surface area contributed by atoms with Gasteiger partial charge >= 0.3 is 0 Å². The molecular weight excluding hydrogens is 205 g/mol. The van der Waals surface area contributed by atoms with Crippen LogP contribution in [0.1, 0.15) is 19.4 Å². The van der Waals surface area contributed by atoms with E-state index in [1.165, 1.54) is 6.07 Å². The molecule has 1 aromatic carbocycles. The quantitative estimate of drug-likeness (QED) is 0.804. The number of nitrogens with two attached hydrogens (primary N) is 1. The average molecular weight is 225 g/mol. The minimum Gasteiger partial charge on any atom is -0.392 e. The molecule has 1 aromatic rings. The largest absolute Gasteiger partial charge is 0.392 e. The molecule has 0 spiro atoms. The van der Waals surface area contributed by atoms with E-state index in [9.17, 15) is 9.50 Å². The predicted octanol–water partition coefficient (Wildman–Crippen LogP) is 1.96. The van der Waals surface area contributed by atoms with Crippen LogP contribution < -0.4 is 5.73 Å². The molecular formula is C13H20FNO. The maximum Gasteiger partial charge on any atom is 0.126 e. The number of rotatable bonds is 5. The van der Waals surface area contributed by atoms with E-state index < -0.39 is 6.10 Å². The summed E-state index contributed by atoms with van der Waals surface area (Å²) in [5.41, 5.74) is 6.16. The minimum absolute atomic E-state index is 0.0135. The first kappa shape index (κ1) is 13.1. The first-order valence-electron chi connectivity index (χ1n) is 5.67. The lowest BCUT2D eigenvalue weighted by Crippen LogP contribution is -2.33. The summed E-state index contributed by atoms with van der Waals surface area (Å²) in [5.74, 6) is 0.0486. The van der Waals surface area contributed by atoms with Crippen molar-refractivity contribution in [3.05, 3.63) is 35.6 Å². The molecule has 90 valence electrons. The van der Waals surface area contributed by atoms with Crippen molar-refractivity contribution in [1.29, 1.82) is 0 Å². The minimum atomic E-state index is -0.582. The molecule has 0 aliphatic heterocycles. The lowest BCUT2D eigenvalue weighted by atomic mass is 9.87. The summed E-state index contributed by atoms with van der Waals surface area (Å²) in [4.78, 5) is 0. The highest BCUT2D eigenvalue weighted by molar-refractivity contribution is 5.18. The molecule has 0 bridgehead atoms. The molecule has 0 aliphatic rings. The maximum absolute atomic E-state index is 13.4. The molecule has 1 rings (SSSR count). The zero-order valence-electron chi connectivity index (χ0n) is 9.86. The van der Waals surface area contributed by atoms with Gasteiger partial charge in [0.25, 0.3) is 0 Å². The summed E-state index contributed by atoms with van der Waals surface area (Å²) in [6.45, 7) is 4.46. The highest BCUT2D eigenvalue weighted by Crippen LogP contribution is 2.19. The molecule has 0 aliphatic carbocycles. The van der Waals surface area contributed by atoms with E-state index >= 15 is 0 Å². The van der Waals surface area contributed by atoms with Crippen LogP contribution in [0.2, 0.25) is 0 Å². The Kier molecular flexibility index (Phi) is 4.90. The second kappa shape index (κ2) is 5.97. The Morgan fingerprint density at radius 1 is 1.31 bits per heavy atom. The molecule has 0 fully saturated rings. The van der Waals surface area contributed by atoms with E-state index in [2.05, 4.69) is 0 Å². The molecule has 2 atom stereocenters. The smallest absolute Gasteiger partial charge is 0.126 e. The van der Waals surface area contributed by atoms with Crippen molar-refractivity contribution < 1.29 is 9.50 Å². The zero-order valence-corrected chi connectivity index (χ0v) is 9.86. The molecule has 3 N–H and O–H groups in total. The monoisotopic (exact) mass is 225 g/mol. The normalized spacial score (nSPS) is 15.1. The van der Waals surface area contributed by atoms with Crippen molar-refractivity contribution in [2.75, 3.05) is 6.54 Å². The number of aliphatic hydroxyl groups is 1. The van der Waals surface area contributed by atoms with Crippen LogP contribution in [-0.4, -0.2) is 17.8 Å². The molecule has 3 heteroatoms. The summed E-state index contributed by atoms with van der Waals surface area (Å²) in [6.07, 6.45) is -0.255. The Labute approximate surface area is 96.3 Å². The molecule has 0 aromatic heterocycles. The standard InChI is InChI=1S/C13H20FNO/c1-9(2)11(8-15)13(16)7-10-5-3-4-6-12(10)14/h3-6,9,11,13,16H,7-8,15H2,1-2H3. The molecule has 0 heterocycles. The second-order valence-corrected chi connectivity index (χ2v) is 4.51. The van der Waals surface area contributed by atoms with Crippen molar-refractivity contribution in [3.8, 4) is 0 Å². The fraction of sp³-hybridized carbons (Fsp3) is 0.538. The van der Waals surface area contributed by atoms with Crippen molar-refractivity contribution in [3.63, 3.8) is 0 Å². The van der Waals surface area contributed by atoms with Gasteiger partial charge in [0, 0.05) is 6.42 Å². The van der Waals surface area contributed by atoms with Crippen LogP contribution in [0.4, 0.5) is 4.39 Å². The summed E-state index contributed by atoms with van der Waals surface area (Å²) >= 11 is 0. The predicted molar refractivity (Wildman–Crippen MR) is 63.5 cm³/mol. The van der Waals surface area contributed by atoms with Crippen LogP contribution >= 0.6 is 0 Å². The fourth-order valence-corrected chi connectivity index (χ4v) is 1.91. The van der Waals surface area contributed by atoms with Gasteiger partial charge in [0.2, 0.25) is 0 Å². The van der Waals surface area contributed by atoms with Gasteiger partial charge < -0.3 is 10.8 Å². The average Bonchev–Trinajstić information content (AvgIpc) is 2.22. The number of aliphatic hydroxyl groups excluding tert-OH is 1. The third kappa shape index (κ3) is 3.29. The van der Waals surface area contributed by atoms with Crippen LogP contribution in [0, 0.1) is 17.7 Å². The Balaban J connectivity index is 2.70. The van der Waals surface area contributed by atoms with Crippen LogP contribution in [0.15, 0.2) is 24.3 Å². The lowest BCUT2D eigenvalue weighted by molar-refractivity contribution is 0.0855. The van der Waals surface area contributed by atoms with Crippen LogP contribution in [0.5, 0.6) is 0 Å². The Morgan fingerprint density at radius 2 is 1.94 bits per heavy atom. The van der Waals surface area contributed by atoms with Crippen LogP contribution in [-0.2, 0) is 6.42 Å². The topological polar surface area (TPSA) is 46.2 Å². The number of hydrogen-bond acceptors (Lipinski definition) is 2. The third-order valence-electron chi connectivity index (χ3n) is 3.01. The Bertz CT molecular complexity index is 327. The summed E-state index contributed by atoms with van der Waals surface area (Å²) in [6, 6.07) is 6.54. The van der Waals surface area contributed by atoms with E-state index in [1.807, 2.05) is 13.8 Å². The van der Waals surface area contributed by atoms with Gasteiger partial charge in [-0.1, -0.05) is 32.0 Å². The molecule has 0 amide bonds. The Hall–Kier alpha value is -0.930. The number of benzene rings is 1. The first-order valence-corrected chi connectivity index (χ1v) is 5.67. The molecule has 0 saturated carbocycles. The molecule has 0 radical (unpaired) electrons. The lowest BCUT2D eigenvalue weighted by Gasteiger charge is -2.25. The van der Waals surface area contributed by atoms with Crippen molar-refractivity contribution in [1.82, 2.24) is 0 Å². The van der Waals surface area contributed by atoms with Crippen LogP contribution in [0.25, 0.3) is 0 Å². The van der Waals surface area contributed by atoms with Gasteiger partial charge in [0.05, 0.1) is 6.10 Å². The fourth-order valence-electron chi connectivity index (χ4n) is 1.91. The number of hydrogen-bond donors (Lipinski definition) is 2. The van der Waals surface area contributed by atoms with E-state index in [1.54, 1.807) is 18.2 Å². The Morgan fingerprint density at radius 3 is 2.44 bits per heavy atom. The highest BCUT2D eigenvalue weighted by atomic mass is 19.1. The van der Waals surface area contributed by atoms with E-state index in [0.29, 0.717) is 24.4 Å². The van der Waals surface area contributed by atoms with E-state index in [-0.39, 0.29) is 11.7 Å².